The highest BCUT2D eigenvalue weighted by Gasteiger charge is 2.24. The fourth-order valence-electron chi connectivity index (χ4n) is 5.14. The highest BCUT2D eigenvalue weighted by Crippen LogP contribution is 2.19. The van der Waals surface area contributed by atoms with Crippen molar-refractivity contribution in [2.45, 2.75) is 25.3 Å². The lowest BCUT2D eigenvalue weighted by Crippen LogP contribution is -2.30. The number of rotatable bonds is 11. The van der Waals surface area contributed by atoms with Gasteiger partial charge < -0.3 is 33.7 Å². The zero-order chi connectivity index (χ0) is 49.8. The molecule has 358 valence electrons. The summed E-state index contributed by atoms with van der Waals surface area (Å²) in [6.07, 6.45) is -0.669. The van der Waals surface area contributed by atoms with Crippen LogP contribution in [0.4, 0.5) is 18.4 Å². The number of nitrogens with one attached hydrogen (secondary N) is 1. The number of carbonyl (C=O) groups excluding carboxylic acids is 4. The molecule has 2 aromatic heterocycles. The Morgan fingerprint density at radius 3 is 1.61 bits per heavy atom. The van der Waals surface area contributed by atoms with E-state index in [2.05, 4.69) is 25.0 Å². The molecule has 25 heteroatoms. The number of primary sulfonamides is 1. The van der Waals surface area contributed by atoms with Crippen molar-refractivity contribution in [1.82, 2.24) is 34.0 Å². The third-order valence-corrected chi connectivity index (χ3v) is 10.2. The molecule has 0 bridgehead atoms. The van der Waals surface area contributed by atoms with E-state index in [1.54, 1.807) is 52.4 Å². The summed E-state index contributed by atoms with van der Waals surface area (Å²) in [5.41, 5.74) is -0.377. The van der Waals surface area contributed by atoms with Crippen LogP contribution in [0.3, 0.4) is 0 Å². The van der Waals surface area contributed by atoms with Crippen LogP contribution in [-0.2, 0) is 40.1 Å². The van der Waals surface area contributed by atoms with Gasteiger partial charge in [0.05, 0.1) is 45.7 Å². The summed E-state index contributed by atoms with van der Waals surface area (Å²) in [6.45, 7) is 4.16. The summed E-state index contributed by atoms with van der Waals surface area (Å²) in [5.74, 6) is -2.04. The fourth-order valence-corrected chi connectivity index (χ4v) is 6.33. The summed E-state index contributed by atoms with van der Waals surface area (Å²) >= 11 is 10.2. The number of sulfonamides is 1. The van der Waals surface area contributed by atoms with Crippen LogP contribution >= 0.6 is 24.4 Å². The molecule has 6 aromatic rings. The van der Waals surface area contributed by atoms with E-state index in [-0.39, 0.29) is 39.2 Å². The first-order valence-electron chi connectivity index (χ1n) is 19.3. The first kappa shape index (κ1) is 54.0. The van der Waals surface area contributed by atoms with Crippen molar-refractivity contribution in [3.05, 3.63) is 135 Å². The third-order valence-electron chi connectivity index (χ3n) is 8.32. The lowest BCUT2D eigenvalue weighted by atomic mass is 10.1. The number of carbonyl (C=O) groups is 4. The second-order valence-corrected chi connectivity index (χ2v) is 14.9. The minimum absolute atomic E-state index is 0.00943. The topological polar surface area (TPSA) is 241 Å². The summed E-state index contributed by atoms with van der Waals surface area (Å²) in [6, 6.07) is 25.4. The quantitative estimate of drug-likeness (QED) is 0.106. The molecule has 4 aromatic carbocycles. The van der Waals surface area contributed by atoms with Crippen molar-refractivity contribution in [3.8, 4) is 23.5 Å². The molecule has 0 atom stereocenters. The monoisotopic (exact) mass is 988 g/mol. The Kier molecular flexibility index (Phi) is 20.9. The number of nitrogens with two attached hydrogens (primary N) is 1. The Labute approximate surface area is 393 Å². The van der Waals surface area contributed by atoms with Crippen molar-refractivity contribution in [3.63, 3.8) is 0 Å². The predicted octanol–water partition coefficient (Wildman–Crippen LogP) is 6.39. The molecule has 0 aliphatic carbocycles. The standard InChI is InChI=1S/C15H17FN4O4S.C12H13N3O3S.C8H8FNO4S.C7H8O/c1-4-24-14-18-20(15(25)19(14)2)13(22)17-8-10-9(12(21)23-3)6-5-7-11(10)16;1-3-17-10-13-15(11(19)14(10)2)12(16)18-9-7-5-4-6-8-9;1-14-8(11)5-3-2-4-6(9)7(5)15(10,12)13;1-8-7-5-3-2-4-6-7/h5-7H,4,8H2,1-3H3,(H,17,22);4-8H,3H2,1-2H3;2-4H,1H3,(H2,10,12,13);2-6H,1H3. The Balaban J connectivity index is 0.000000252. The van der Waals surface area contributed by atoms with Crippen molar-refractivity contribution in [2.24, 2.45) is 19.2 Å². The lowest BCUT2D eigenvalue weighted by molar-refractivity contribution is 0.0588. The number of esters is 2. The SMILES string of the molecule is CCOc1nn(C(=O)NCc2c(F)cccc2C(=O)OC)c(=S)n1C.CCOc1nn(C(=O)Oc2ccccc2)c(=S)n1C.COC(=O)c1cccc(F)c1S(N)(=O)=O.COc1ccccc1. The van der Waals surface area contributed by atoms with Gasteiger partial charge in [-0.3, -0.25) is 9.13 Å². The smallest absolute Gasteiger partial charge is 0.442 e. The van der Waals surface area contributed by atoms with E-state index in [9.17, 15) is 36.4 Å². The lowest BCUT2D eigenvalue weighted by Gasteiger charge is -2.10. The summed E-state index contributed by atoms with van der Waals surface area (Å²) in [4.78, 5) is 46.2. The predicted molar refractivity (Wildman–Crippen MR) is 242 cm³/mol. The van der Waals surface area contributed by atoms with Crippen LogP contribution in [0.5, 0.6) is 23.5 Å². The van der Waals surface area contributed by atoms with Crippen molar-refractivity contribution in [1.29, 1.82) is 0 Å². The molecule has 0 unspecified atom stereocenters. The molecule has 3 N–H and O–H groups in total. The molecule has 1 amide bonds. The van der Waals surface area contributed by atoms with E-state index in [0.29, 0.717) is 19.0 Å². The number of benzene rings is 4. The second kappa shape index (κ2) is 26.0. The van der Waals surface area contributed by atoms with E-state index in [1.165, 1.54) is 40.5 Å². The number of nitrogens with zero attached hydrogens (tertiary/aromatic N) is 6. The van der Waals surface area contributed by atoms with Gasteiger partial charge in [0.2, 0.25) is 19.6 Å². The molecule has 0 spiro atoms. The normalized spacial score (nSPS) is 10.3. The second-order valence-electron chi connectivity index (χ2n) is 12.7. The number of ether oxygens (including phenoxy) is 6. The van der Waals surface area contributed by atoms with Gasteiger partial charge in [-0.2, -0.15) is 0 Å². The largest absolute Gasteiger partial charge is 0.497 e. The van der Waals surface area contributed by atoms with E-state index in [4.69, 9.17) is 48.5 Å². The van der Waals surface area contributed by atoms with Crippen LogP contribution in [-0.4, -0.2) is 95.7 Å². The maximum Gasteiger partial charge on any atom is 0.442 e. The average Bonchev–Trinajstić information content (AvgIpc) is 3.77. The van der Waals surface area contributed by atoms with E-state index in [1.807, 2.05) is 43.3 Å². The molecule has 0 aliphatic rings. The number of para-hydroxylation sites is 2. The number of hydrogen-bond donors (Lipinski definition) is 2. The molecule has 0 radical (unpaired) electrons. The van der Waals surface area contributed by atoms with Gasteiger partial charge >= 0.3 is 36.1 Å². The minimum Gasteiger partial charge on any atom is -0.497 e. The van der Waals surface area contributed by atoms with Gasteiger partial charge in [0.25, 0.3) is 0 Å². The van der Waals surface area contributed by atoms with E-state index >= 15 is 0 Å². The van der Waals surface area contributed by atoms with Crippen LogP contribution in [0.2, 0.25) is 0 Å². The maximum atomic E-state index is 14.0. The Hall–Kier alpha value is -7.35. The van der Waals surface area contributed by atoms with Gasteiger partial charge in [0.15, 0.2) is 0 Å². The Morgan fingerprint density at radius 1 is 0.672 bits per heavy atom. The molecule has 67 heavy (non-hydrogen) atoms. The zero-order valence-corrected chi connectivity index (χ0v) is 39.4. The van der Waals surface area contributed by atoms with Crippen molar-refractivity contribution >= 4 is 58.5 Å². The van der Waals surface area contributed by atoms with Crippen molar-refractivity contribution in [2.75, 3.05) is 34.5 Å². The van der Waals surface area contributed by atoms with Crippen LogP contribution < -0.4 is 29.4 Å². The van der Waals surface area contributed by atoms with Crippen molar-refractivity contribution < 1.29 is 64.8 Å². The average molecular weight is 989 g/mol. The van der Waals surface area contributed by atoms with E-state index in [0.717, 1.165) is 34.4 Å². The molecule has 2 heterocycles. The van der Waals surface area contributed by atoms with Gasteiger partial charge in [-0.15, -0.1) is 19.6 Å². The molecule has 0 saturated carbocycles. The summed E-state index contributed by atoms with van der Waals surface area (Å²) in [7, 11) is 2.90. The van der Waals surface area contributed by atoms with E-state index < -0.39 is 56.2 Å². The first-order chi connectivity index (χ1) is 31.8. The van der Waals surface area contributed by atoms with Gasteiger partial charge in [-0.05, 0) is 86.8 Å². The number of amides is 1. The Morgan fingerprint density at radius 2 is 1.13 bits per heavy atom. The maximum absolute atomic E-state index is 14.0. The number of hydrogen-bond acceptors (Lipinski definition) is 16. The number of methoxy groups -OCH3 is 3. The molecule has 0 aliphatic heterocycles. The highest BCUT2D eigenvalue weighted by atomic mass is 32.2. The minimum atomic E-state index is -4.30. The number of halogens is 2. The van der Waals surface area contributed by atoms with Gasteiger partial charge in [-0.25, -0.2) is 41.5 Å². The molecular formula is C42H46F2N8O12S3. The van der Waals surface area contributed by atoms with Crippen LogP contribution in [0.15, 0.2) is 102 Å². The summed E-state index contributed by atoms with van der Waals surface area (Å²) < 4.78 is 83.9. The third kappa shape index (κ3) is 15.1. The molecule has 0 saturated heterocycles. The van der Waals surface area contributed by atoms with Gasteiger partial charge in [-0.1, -0.05) is 48.5 Å². The first-order valence-corrected chi connectivity index (χ1v) is 21.7. The zero-order valence-electron chi connectivity index (χ0n) is 37.0. The van der Waals surface area contributed by atoms with Gasteiger partial charge in [0, 0.05) is 26.2 Å². The Bertz CT molecular complexity index is 2870. The van der Waals surface area contributed by atoms with Crippen LogP contribution in [0.25, 0.3) is 0 Å². The highest BCUT2D eigenvalue weighted by molar-refractivity contribution is 7.89. The molecule has 0 fully saturated rings. The molecular weight excluding hydrogens is 943 g/mol. The number of aromatic nitrogens is 6. The molecule has 20 nitrogen and oxygen atoms in total. The molecule has 6 rings (SSSR count). The summed E-state index contributed by atoms with van der Waals surface area (Å²) in [5, 5.41) is 15.2. The van der Waals surface area contributed by atoms with Gasteiger partial charge in [0.1, 0.15) is 28.0 Å². The van der Waals surface area contributed by atoms with Crippen LogP contribution in [0, 0.1) is 21.2 Å². The van der Waals surface area contributed by atoms with Crippen LogP contribution in [0.1, 0.15) is 40.1 Å². The fraction of sp³-hybridized carbons (Fsp3) is 0.238.